The SMILES string of the molecule is O=C(NN1CCOc2ccccc21)c1cnc2c(-c3cc(Cl)nc(Cl)n3)cccc2c1N1CCOCC1. The topological polar surface area (TPSA) is 92.7 Å². The first kappa shape index (κ1) is 23.7. The Kier molecular flexibility index (Phi) is 6.42. The van der Waals surface area contributed by atoms with Gasteiger partial charge in [0.05, 0.1) is 47.9 Å². The number of morpholine rings is 1. The number of nitrogens with one attached hydrogen (secondary N) is 1. The van der Waals surface area contributed by atoms with E-state index in [1.165, 1.54) is 0 Å². The van der Waals surface area contributed by atoms with Gasteiger partial charge in [-0.05, 0) is 23.7 Å². The Morgan fingerprint density at radius 2 is 1.81 bits per heavy atom. The number of ether oxygens (including phenoxy) is 2. The zero-order chi connectivity index (χ0) is 25.4. The number of pyridine rings is 1. The van der Waals surface area contributed by atoms with Crippen LogP contribution in [0.15, 0.2) is 54.7 Å². The molecule has 2 aromatic carbocycles. The number of halogens is 2. The molecule has 0 aliphatic carbocycles. The molecule has 2 aliphatic heterocycles. The van der Waals surface area contributed by atoms with Gasteiger partial charge in [-0.1, -0.05) is 41.9 Å². The molecule has 9 nitrogen and oxygen atoms in total. The van der Waals surface area contributed by atoms with Crippen molar-refractivity contribution in [1.29, 1.82) is 0 Å². The summed E-state index contributed by atoms with van der Waals surface area (Å²) >= 11 is 12.2. The minimum Gasteiger partial charge on any atom is -0.489 e. The van der Waals surface area contributed by atoms with E-state index >= 15 is 0 Å². The van der Waals surface area contributed by atoms with E-state index in [1.807, 2.05) is 47.5 Å². The van der Waals surface area contributed by atoms with Gasteiger partial charge < -0.3 is 14.4 Å². The highest BCUT2D eigenvalue weighted by atomic mass is 35.5. The van der Waals surface area contributed by atoms with E-state index in [4.69, 9.17) is 37.7 Å². The number of hydrogen-bond acceptors (Lipinski definition) is 8. The number of carbonyl (C=O) groups is 1. The predicted molar refractivity (Wildman–Crippen MR) is 143 cm³/mol. The first-order valence-corrected chi connectivity index (χ1v) is 12.6. The van der Waals surface area contributed by atoms with E-state index in [0.29, 0.717) is 56.2 Å². The number of benzene rings is 2. The fourth-order valence-corrected chi connectivity index (χ4v) is 5.11. The number of hydrogen-bond donors (Lipinski definition) is 1. The van der Waals surface area contributed by atoms with Crippen molar-refractivity contribution < 1.29 is 14.3 Å². The van der Waals surface area contributed by atoms with Crippen molar-refractivity contribution in [3.05, 3.63) is 70.7 Å². The number of amides is 1. The van der Waals surface area contributed by atoms with Crippen LogP contribution < -0.4 is 20.1 Å². The van der Waals surface area contributed by atoms with Gasteiger partial charge >= 0.3 is 0 Å². The predicted octanol–water partition coefficient (Wildman–Crippen LogP) is 4.38. The summed E-state index contributed by atoms with van der Waals surface area (Å²) in [6, 6.07) is 15.0. The molecule has 0 radical (unpaired) electrons. The van der Waals surface area contributed by atoms with Crippen molar-refractivity contribution >= 4 is 51.4 Å². The number of hydrazine groups is 1. The lowest BCUT2D eigenvalue weighted by Gasteiger charge is -2.33. The van der Waals surface area contributed by atoms with Crippen molar-refractivity contribution in [3.8, 4) is 17.0 Å². The van der Waals surface area contributed by atoms with Crippen LogP contribution in [0, 0.1) is 0 Å². The van der Waals surface area contributed by atoms with Gasteiger partial charge in [-0.15, -0.1) is 0 Å². The molecule has 11 heteroatoms. The molecule has 1 N–H and O–H groups in total. The third-order valence-electron chi connectivity index (χ3n) is 6.35. The van der Waals surface area contributed by atoms with E-state index in [0.717, 1.165) is 28.1 Å². The van der Waals surface area contributed by atoms with Crippen LogP contribution in [0.2, 0.25) is 10.4 Å². The van der Waals surface area contributed by atoms with Gasteiger partial charge in [0.1, 0.15) is 17.5 Å². The zero-order valence-corrected chi connectivity index (χ0v) is 21.2. The smallest absolute Gasteiger partial charge is 0.273 e. The summed E-state index contributed by atoms with van der Waals surface area (Å²) in [5, 5.41) is 2.92. The molecule has 1 amide bonds. The Hall–Kier alpha value is -3.66. The van der Waals surface area contributed by atoms with Crippen molar-refractivity contribution in [3.63, 3.8) is 0 Å². The van der Waals surface area contributed by atoms with Crippen molar-refractivity contribution in [2.45, 2.75) is 0 Å². The van der Waals surface area contributed by atoms with E-state index in [2.05, 4.69) is 20.3 Å². The monoisotopic (exact) mass is 536 g/mol. The minimum atomic E-state index is -0.258. The highest BCUT2D eigenvalue weighted by Crippen LogP contribution is 2.36. The molecule has 4 heterocycles. The summed E-state index contributed by atoms with van der Waals surface area (Å²) in [5.74, 6) is 0.469. The maximum Gasteiger partial charge on any atom is 0.273 e. The number of aromatic nitrogens is 3. The fraction of sp³-hybridized carbons (Fsp3) is 0.231. The van der Waals surface area contributed by atoms with Crippen LogP contribution in [0.1, 0.15) is 10.4 Å². The molecule has 0 bridgehead atoms. The number of carbonyl (C=O) groups excluding carboxylic acids is 1. The second-order valence-electron chi connectivity index (χ2n) is 8.58. The summed E-state index contributed by atoms with van der Waals surface area (Å²) in [6.07, 6.45) is 1.61. The zero-order valence-electron chi connectivity index (χ0n) is 19.7. The van der Waals surface area contributed by atoms with Gasteiger partial charge in [-0.3, -0.25) is 20.2 Å². The Bertz CT molecular complexity index is 1470. The second-order valence-corrected chi connectivity index (χ2v) is 9.30. The van der Waals surface area contributed by atoms with Crippen LogP contribution in [0.5, 0.6) is 5.75 Å². The molecule has 0 saturated carbocycles. The lowest BCUT2D eigenvalue weighted by atomic mass is 10.0. The second kappa shape index (κ2) is 10.0. The average molecular weight is 537 g/mol. The van der Waals surface area contributed by atoms with Crippen LogP contribution in [-0.4, -0.2) is 60.3 Å². The van der Waals surface area contributed by atoms with Gasteiger partial charge in [0.2, 0.25) is 5.28 Å². The third kappa shape index (κ3) is 4.61. The van der Waals surface area contributed by atoms with Crippen LogP contribution in [0.25, 0.3) is 22.2 Å². The number of fused-ring (bicyclic) bond motifs is 2. The van der Waals surface area contributed by atoms with Crippen LogP contribution >= 0.6 is 23.2 Å². The molecule has 1 fully saturated rings. The van der Waals surface area contributed by atoms with Gasteiger partial charge in [-0.25, -0.2) is 9.97 Å². The number of nitrogens with zero attached hydrogens (tertiary/aromatic N) is 5. The van der Waals surface area contributed by atoms with Crippen LogP contribution in [0.4, 0.5) is 11.4 Å². The standard InChI is InChI=1S/C26H22Cl2N6O3/c27-22-14-19(30-26(28)31-22)16-4-3-5-17-23(16)29-15-18(24(17)33-8-11-36-12-9-33)25(35)32-34-10-13-37-21-7-2-1-6-20(21)34/h1-7,14-15H,8-13H2,(H,32,35). The van der Waals surface area contributed by atoms with Crippen molar-refractivity contribution in [1.82, 2.24) is 20.4 Å². The molecule has 4 aromatic rings. The Labute approximate surface area is 222 Å². The third-order valence-corrected chi connectivity index (χ3v) is 6.71. The summed E-state index contributed by atoms with van der Waals surface area (Å²) < 4.78 is 11.3. The molecular weight excluding hydrogens is 515 g/mol. The molecule has 188 valence electrons. The Morgan fingerprint density at radius 3 is 2.65 bits per heavy atom. The molecule has 0 unspecified atom stereocenters. The van der Waals surface area contributed by atoms with Gasteiger partial charge in [-0.2, -0.15) is 0 Å². The van der Waals surface area contributed by atoms with Gasteiger partial charge in [0.25, 0.3) is 5.91 Å². The fourth-order valence-electron chi connectivity index (χ4n) is 4.71. The molecule has 2 aliphatic rings. The molecule has 2 aromatic heterocycles. The highest BCUT2D eigenvalue weighted by molar-refractivity contribution is 6.32. The van der Waals surface area contributed by atoms with Crippen molar-refractivity contribution in [2.75, 3.05) is 49.4 Å². The van der Waals surface area contributed by atoms with E-state index in [-0.39, 0.29) is 16.3 Å². The number of anilines is 2. The van der Waals surface area contributed by atoms with E-state index < -0.39 is 0 Å². The average Bonchev–Trinajstić information content (AvgIpc) is 2.92. The normalized spacial score (nSPS) is 15.3. The first-order valence-electron chi connectivity index (χ1n) is 11.8. The van der Waals surface area contributed by atoms with Crippen LogP contribution in [-0.2, 0) is 4.74 Å². The maximum absolute atomic E-state index is 13.7. The molecule has 37 heavy (non-hydrogen) atoms. The van der Waals surface area contributed by atoms with E-state index in [9.17, 15) is 4.79 Å². The largest absolute Gasteiger partial charge is 0.489 e. The first-order chi connectivity index (χ1) is 18.1. The number of para-hydroxylation sites is 3. The summed E-state index contributed by atoms with van der Waals surface area (Å²) in [4.78, 5) is 28.9. The van der Waals surface area contributed by atoms with Crippen LogP contribution in [0.3, 0.4) is 0 Å². The lowest BCUT2D eigenvalue weighted by Crippen LogP contribution is -2.47. The summed E-state index contributed by atoms with van der Waals surface area (Å²) in [7, 11) is 0. The molecule has 6 rings (SSSR count). The Morgan fingerprint density at radius 1 is 0.973 bits per heavy atom. The Balaban J connectivity index is 1.45. The summed E-state index contributed by atoms with van der Waals surface area (Å²) in [6.45, 7) is 3.43. The van der Waals surface area contributed by atoms with Gasteiger partial charge in [0.15, 0.2) is 0 Å². The minimum absolute atomic E-state index is 0.0506. The molecule has 0 spiro atoms. The molecule has 1 saturated heterocycles. The highest BCUT2D eigenvalue weighted by Gasteiger charge is 2.26. The van der Waals surface area contributed by atoms with Crippen molar-refractivity contribution in [2.24, 2.45) is 0 Å². The number of rotatable bonds is 4. The summed E-state index contributed by atoms with van der Waals surface area (Å²) in [5.41, 5.74) is 7.11. The van der Waals surface area contributed by atoms with E-state index in [1.54, 1.807) is 12.3 Å². The quantitative estimate of drug-likeness (QED) is 0.303. The molecular formula is C26H22Cl2N6O3. The lowest BCUT2D eigenvalue weighted by molar-refractivity contribution is 0.0943. The molecule has 0 atom stereocenters. The van der Waals surface area contributed by atoms with Gasteiger partial charge in [0, 0.05) is 36.3 Å². The maximum atomic E-state index is 13.7.